The molecule has 0 bridgehead atoms. The molecular formula is C17H21NO4S. The first-order valence-corrected chi connectivity index (χ1v) is 8.40. The molecule has 2 aromatic rings. The van der Waals surface area contributed by atoms with Crippen molar-refractivity contribution < 1.29 is 19.4 Å². The molecule has 1 aromatic heterocycles. The van der Waals surface area contributed by atoms with Crippen LogP contribution >= 0.6 is 11.3 Å². The summed E-state index contributed by atoms with van der Waals surface area (Å²) in [7, 11) is 1.60. The average Bonchev–Trinajstić information content (AvgIpc) is 2.93. The van der Waals surface area contributed by atoms with Crippen LogP contribution in [0.1, 0.15) is 41.6 Å². The van der Waals surface area contributed by atoms with Gasteiger partial charge in [0, 0.05) is 5.56 Å². The van der Waals surface area contributed by atoms with E-state index in [-0.39, 0.29) is 4.88 Å². The van der Waals surface area contributed by atoms with Gasteiger partial charge in [0.25, 0.3) is 0 Å². The van der Waals surface area contributed by atoms with Crippen LogP contribution in [0.25, 0.3) is 10.6 Å². The fraction of sp³-hybridized carbons (Fsp3) is 0.412. The fourth-order valence-electron chi connectivity index (χ4n) is 2.18. The number of hydrogen-bond donors (Lipinski definition) is 1. The summed E-state index contributed by atoms with van der Waals surface area (Å²) in [5.74, 6) is 0.374. The zero-order valence-electron chi connectivity index (χ0n) is 13.6. The second-order valence-corrected chi connectivity index (χ2v) is 6.16. The number of carboxylic acid groups (broad SMARTS) is 1. The summed E-state index contributed by atoms with van der Waals surface area (Å²) in [4.78, 5) is 15.8. The second kappa shape index (κ2) is 7.97. The number of benzene rings is 1. The SMILES string of the molecule is CCCCCOc1cc(-c2nc(C)c(C(=O)O)s2)ccc1OC. The largest absolute Gasteiger partial charge is 0.493 e. The highest BCUT2D eigenvalue weighted by atomic mass is 32.1. The molecule has 6 heteroatoms. The van der Waals surface area contributed by atoms with Crippen LogP contribution in [0.5, 0.6) is 11.5 Å². The lowest BCUT2D eigenvalue weighted by Crippen LogP contribution is -1.99. The predicted octanol–water partition coefficient (Wildman–Crippen LogP) is 4.39. The van der Waals surface area contributed by atoms with Gasteiger partial charge >= 0.3 is 5.97 Å². The quantitative estimate of drug-likeness (QED) is 0.724. The maximum Gasteiger partial charge on any atom is 0.347 e. The number of aromatic carboxylic acids is 1. The summed E-state index contributed by atoms with van der Waals surface area (Å²) < 4.78 is 11.1. The molecule has 124 valence electrons. The molecule has 5 nitrogen and oxygen atoms in total. The molecule has 23 heavy (non-hydrogen) atoms. The number of ether oxygens (including phenoxy) is 2. The monoisotopic (exact) mass is 335 g/mol. The van der Waals surface area contributed by atoms with Crippen LogP contribution in [0.3, 0.4) is 0 Å². The van der Waals surface area contributed by atoms with E-state index in [4.69, 9.17) is 14.6 Å². The van der Waals surface area contributed by atoms with E-state index >= 15 is 0 Å². The van der Waals surface area contributed by atoms with Gasteiger partial charge in [-0.05, 0) is 31.5 Å². The van der Waals surface area contributed by atoms with Gasteiger partial charge < -0.3 is 14.6 Å². The Morgan fingerprint density at radius 3 is 2.70 bits per heavy atom. The van der Waals surface area contributed by atoms with Gasteiger partial charge in [0.15, 0.2) is 11.5 Å². The number of carbonyl (C=O) groups is 1. The van der Waals surface area contributed by atoms with E-state index in [9.17, 15) is 4.79 Å². The van der Waals surface area contributed by atoms with Crippen LogP contribution < -0.4 is 9.47 Å². The van der Waals surface area contributed by atoms with Crippen LogP contribution in [0, 0.1) is 6.92 Å². The molecule has 0 radical (unpaired) electrons. The molecule has 0 aliphatic rings. The number of carboxylic acids is 1. The Morgan fingerprint density at radius 1 is 1.30 bits per heavy atom. The lowest BCUT2D eigenvalue weighted by Gasteiger charge is -2.11. The van der Waals surface area contributed by atoms with E-state index in [1.54, 1.807) is 14.0 Å². The molecule has 0 aliphatic heterocycles. The Bertz CT molecular complexity index is 681. The summed E-state index contributed by atoms with van der Waals surface area (Å²) in [5.41, 5.74) is 1.36. The Hall–Kier alpha value is -2.08. The molecule has 0 saturated heterocycles. The van der Waals surface area contributed by atoms with Crippen molar-refractivity contribution in [1.82, 2.24) is 4.98 Å². The molecule has 1 heterocycles. The third-order valence-electron chi connectivity index (χ3n) is 3.41. The van der Waals surface area contributed by atoms with Crippen molar-refractivity contribution in [1.29, 1.82) is 0 Å². The summed E-state index contributed by atoms with van der Waals surface area (Å²) in [5, 5.41) is 9.82. The van der Waals surface area contributed by atoms with Crippen molar-refractivity contribution in [3.63, 3.8) is 0 Å². The molecule has 0 amide bonds. The van der Waals surface area contributed by atoms with Gasteiger partial charge in [-0.15, -0.1) is 11.3 Å². The standard InChI is InChI=1S/C17H21NO4S/c1-4-5-6-9-22-14-10-12(7-8-13(14)21-3)16-18-11(2)15(23-16)17(19)20/h7-8,10H,4-6,9H2,1-3H3,(H,19,20). The molecule has 0 unspecified atom stereocenters. The number of methoxy groups -OCH3 is 1. The van der Waals surface area contributed by atoms with Crippen LogP contribution in [0.15, 0.2) is 18.2 Å². The van der Waals surface area contributed by atoms with Crippen molar-refractivity contribution in [2.75, 3.05) is 13.7 Å². The van der Waals surface area contributed by atoms with Gasteiger partial charge in [0.1, 0.15) is 9.88 Å². The maximum absolute atomic E-state index is 11.2. The number of hydrogen-bond acceptors (Lipinski definition) is 5. The minimum Gasteiger partial charge on any atom is -0.493 e. The first-order valence-electron chi connectivity index (χ1n) is 7.58. The van der Waals surface area contributed by atoms with Gasteiger partial charge in [-0.25, -0.2) is 9.78 Å². The van der Waals surface area contributed by atoms with E-state index in [0.29, 0.717) is 28.8 Å². The highest BCUT2D eigenvalue weighted by Crippen LogP contribution is 2.35. The lowest BCUT2D eigenvalue weighted by molar-refractivity contribution is 0.0701. The van der Waals surface area contributed by atoms with Gasteiger partial charge in [0.2, 0.25) is 0 Å². The number of aryl methyl sites for hydroxylation is 1. The van der Waals surface area contributed by atoms with Crippen LogP contribution in [0.2, 0.25) is 0 Å². The smallest absolute Gasteiger partial charge is 0.347 e. The third-order valence-corrected chi connectivity index (χ3v) is 4.60. The first kappa shape index (κ1) is 17.3. The van der Waals surface area contributed by atoms with Crippen molar-refractivity contribution in [2.24, 2.45) is 0 Å². The maximum atomic E-state index is 11.2. The number of aromatic nitrogens is 1. The van der Waals surface area contributed by atoms with Gasteiger partial charge in [0.05, 0.1) is 19.4 Å². The highest BCUT2D eigenvalue weighted by molar-refractivity contribution is 7.17. The summed E-state index contributed by atoms with van der Waals surface area (Å²) >= 11 is 1.17. The average molecular weight is 335 g/mol. The van der Waals surface area contributed by atoms with Crippen LogP contribution in [-0.2, 0) is 0 Å². The fourth-order valence-corrected chi connectivity index (χ4v) is 3.08. The number of nitrogens with zero attached hydrogens (tertiary/aromatic N) is 1. The van der Waals surface area contributed by atoms with Crippen LogP contribution in [-0.4, -0.2) is 29.8 Å². The summed E-state index contributed by atoms with van der Waals surface area (Å²) in [6, 6.07) is 5.54. The molecule has 1 N–H and O–H groups in total. The van der Waals surface area contributed by atoms with E-state index in [0.717, 1.165) is 24.8 Å². The number of thiazole rings is 1. The van der Waals surface area contributed by atoms with Crippen molar-refractivity contribution in [2.45, 2.75) is 33.1 Å². The van der Waals surface area contributed by atoms with Gasteiger partial charge in [-0.2, -0.15) is 0 Å². The highest BCUT2D eigenvalue weighted by Gasteiger charge is 2.16. The minimum atomic E-state index is -0.948. The lowest BCUT2D eigenvalue weighted by atomic mass is 10.2. The Balaban J connectivity index is 2.26. The molecule has 1 aromatic carbocycles. The van der Waals surface area contributed by atoms with E-state index in [1.165, 1.54) is 11.3 Å². The first-order chi connectivity index (χ1) is 11.1. The minimum absolute atomic E-state index is 0.265. The number of unbranched alkanes of at least 4 members (excludes halogenated alkanes) is 2. The second-order valence-electron chi connectivity index (χ2n) is 5.16. The molecule has 0 spiro atoms. The Labute approximate surface area is 139 Å². The van der Waals surface area contributed by atoms with Crippen molar-refractivity contribution >= 4 is 17.3 Å². The zero-order chi connectivity index (χ0) is 16.8. The Kier molecular flexibility index (Phi) is 5.98. The Morgan fingerprint density at radius 2 is 2.09 bits per heavy atom. The molecule has 0 saturated carbocycles. The number of rotatable bonds is 8. The third kappa shape index (κ3) is 4.22. The topological polar surface area (TPSA) is 68.7 Å². The van der Waals surface area contributed by atoms with Crippen molar-refractivity contribution in [3.05, 3.63) is 28.8 Å². The molecule has 2 rings (SSSR count). The summed E-state index contributed by atoms with van der Waals surface area (Å²) in [6.45, 7) is 4.48. The normalized spacial score (nSPS) is 10.6. The van der Waals surface area contributed by atoms with Crippen molar-refractivity contribution in [3.8, 4) is 22.1 Å². The van der Waals surface area contributed by atoms with E-state index in [2.05, 4.69) is 11.9 Å². The van der Waals surface area contributed by atoms with E-state index in [1.807, 2.05) is 18.2 Å². The molecule has 0 fully saturated rings. The summed E-state index contributed by atoms with van der Waals surface area (Å²) in [6.07, 6.45) is 3.25. The zero-order valence-corrected chi connectivity index (χ0v) is 14.4. The van der Waals surface area contributed by atoms with Gasteiger partial charge in [-0.3, -0.25) is 0 Å². The molecular weight excluding hydrogens is 314 g/mol. The molecule has 0 aliphatic carbocycles. The predicted molar refractivity (Wildman–Crippen MR) is 90.8 cm³/mol. The van der Waals surface area contributed by atoms with Crippen LogP contribution in [0.4, 0.5) is 0 Å². The molecule has 0 atom stereocenters. The van der Waals surface area contributed by atoms with E-state index < -0.39 is 5.97 Å². The van der Waals surface area contributed by atoms with Gasteiger partial charge in [-0.1, -0.05) is 19.8 Å².